The first-order valence-electron chi connectivity index (χ1n) is 7.14. The second-order valence-electron chi connectivity index (χ2n) is 5.03. The Kier molecular flexibility index (Phi) is 6.60. The SMILES string of the molecule is O=S(O)CCCNCc1ccc(Cc2ccccc2)cc1. The molecule has 2 rings (SSSR count). The lowest BCUT2D eigenvalue weighted by Crippen LogP contribution is -2.16. The van der Waals surface area contributed by atoms with Gasteiger partial charge < -0.3 is 9.87 Å². The number of hydrogen-bond donors (Lipinski definition) is 2. The minimum absolute atomic E-state index is 0.336. The molecule has 2 aromatic carbocycles. The highest BCUT2D eigenvalue weighted by atomic mass is 32.2. The number of hydrogen-bond acceptors (Lipinski definition) is 2. The van der Waals surface area contributed by atoms with Crippen LogP contribution < -0.4 is 5.32 Å². The largest absolute Gasteiger partial charge is 0.313 e. The molecule has 112 valence electrons. The summed E-state index contributed by atoms with van der Waals surface area (Å²) >= 11 is -1.68. The van der Waals surface area contributed by atoms with E-state index in [1.807, 2.05) is 6.07 Å². The Morgan fingerprint density at radius 3 is 2.19 bits per heavy atom. The molecule has 4 heteroatoms. The average molecular weight is 303 g/mol. The highest BCUT2D eigenvalue weighted by Crippen LogP contribution is 2.10. The van der Waals surface area contributed by atoms with Crippen molar-refractivity contribution >= 4 is 11.1 Å². The summed E-state index contributed by atoms with van der Waals surface area (Å²) in [5.74, 6) is 0.336. The summed E-state index contributed by atoms with van der Waals surface area (Å²) in [6.07, 6.45) is 1.67. The Morgan fingerprint density at radius 2 is 1.52 bits per heavy atom. The third-order valence-corrected chi connectivity index (χ3v) is 3.91. The summed E-state index contributed by atoms with van der Waals surface area (Å²) in [5, 5.41) is 3.28. The van der Waals surface area contributed by atoms with Crippen LogP contribution in [0.4, 0.5) is 0 Å². The Hall–Kier alpha value is -1.49. The molecule has 21 heavy (non-hydrogen) atoms. The van der Waals surface area contributed by atoms with Gasteiger partial charge in [-0.25, -0.2) is 4.21 Å². The minimum atomic E-state index is -1.68. The number of nitrogens with one attached hydrogen (secondary N) is 1. The Labute approximate surface area is 128 Å². The predicted molar refractivity (Wildman–Crippen MR) is 87.7 cm³/mol. The van der Waals surface area contributed by atoms with Gasteiger partial charge in [-0.1, -0.05) is 54.6 Å². The molecule has 0 spiro atoms. The first-order valence-corrected chi connectivity index (χ1v) is 8.41. The summed E-state index contributed by atoms with van der Waals surface area (Å²) in [6, 6.07) is 19.0. The van der Waals surface area contributed by atoms with Crippen LogP contribution in [0.5, 0.6) is 0 Å². The maximum Gasteiger partial charge on any atom is 0.152 e. The highest BCUT2D eigenvalue weighted by molar-refractivity contribution is 7.79. The molecule has 0 radical (unpaired) electrons. The van der Waals surface area contributed by atoms with E-state index in [2.05, 4.69) is 53.8 Å². The Bertz CT molecular complexity index is 555. The number of rotatable bonds is 8. The van der Waals surface area contributed by atoms with Crippen molar-refractivity contribution in [2.24, 2.45) is 0 Å². The highest BCUT2D eigenvalue weighted by Gasteiger charge is 1.98. The molecule has 0 aliphatic carbocycles. The van der Waals surface area contributed by atoms with Crippen LogP contribution in [0.15, 0.2) is 54.6 Å². The molecule has 0 saturated carbocycles. The fourth-order valence-electron chi connectivity index (χ4n) is 2.16. The third-order valence-electron chi connectivity index (χ3n) is 3.28. The van der Waals surface area contributed by atoms with Crippen molar-refractivity contribution in [2.45, 2.75) is 19.4 Å². The molecule has 0 aromatic heterocycles. The summed E-state index contributed by atoms with van der Waals surface area (Å²) in [4.78, 5) is 0. The molecule has 1 unspecified atom stereocenters. The number of benzene rings is 2. The Morgan fingerprint density at radius 1 is 0.905 bits per heavy atom. The van der Waals surface area contributed by atoms with Crippen LogP contribution in [0.3, 0.4) is 0 Å². The first-order chi connectivity index (χ1) is 10.2. The van der Waals surface area contributed by atoms with E-state index in [1.165, 1.54) is 16.7 Å². The molecule has 2 aromatic rings. The lowest BCUT2D eigenvalue weighted by molar-refractivity contribution is 0.558. The van der Waals surface area contributed by atoms with Crippen LogP contribution in [0.1, 0.15) is 23.1 Å². The van der Waals surface area contributed by atoms with Gasteiger partial charge in [0.05, 0.1) is 5.75 Å². The second kappa shape index (κ2) is 8.72. The lowest BCUT2D eigenvalue weighted by Gasteiger charge is -2.06. The molecule has 0 aliphatic rings. The monoisotopic (exact) mass is 303 g/mol. The zero-order chi connectivity index (χ0) is 14.9. The van der Waals surface area contributed by atoms with E-state index in [0.29, 0.717) is 5.75 Å². The van der Waals surface area contributed by atoms with E-state index < -0.39 is 11.1 Å². The molecule has 0 aliphatic heterocycles. The van der Waals surface area contributed by atoms with Crippen molar-refractivity contribution in [3.63, 3.8) is 0 Å². The molecule has 0 bridgehead atoms. The van der Waals surface area contributed by atoms with Crippen LogP contribution in [0.2, 0.25) is 0 Å². The van der Waals surface area contributed by atoms with Crippen molar-refractivity contribution in [3.8, 4) is 0 Å². The van der Waals surface area contributed by atoms with E-state index in [0.717, 1.165) is 25.9 Å². The van der Waals surface area contributed by atoms with Gasteiger partial charge in [0.1, 0.15) is 0 Å². The van der Waals surface area contributed by atoms with E-state index in [-0.39, 0.29) is 0 Å². The molecule has 3 nitrogen and oxygen atoms in total. The molecule has 0 heterocycles. The second-order valence-corrected chi connectivity index (χ2v) is 6.09. The Balaban J connectivity index is 1.75. The maximum atomic E-state index is 10.5. The maximum absolute atomic E-state index is 10.5. The van der Waals surface area contributed by atoms with Crippen LogP contribution in [0, 0.1) is 0 Å². The zero-order valence-corrected chi connectivity index (χ0v) is 12.8. The van der Waals surface area contributed by atoms with Gasteiger partial charge in [0.2, 0.25) is 0 Å². The van der Waals surface area contributed by atoms with Crippen LogP contribution in [-0.4, -0.2) is 21.1 Å². The van der Waals surface area contributed by atoms with Crippen LogP contribution in [0.25, 0.3) is 0 Å². The van der Waals surface area contributed by atoms with Gasteiger partial charge in [-0.3, -0.25) is 0 Å². The van der Waals surface area contributed by atoms with Gasteiger partial charge in [0, 0.05) is 6.54 Å². The molecule has 0 saturated heterocycles. The molecule has 0 amide bonds. The quantitative estimate of drug-likeness (QED) is 0.582. The van der Waals surface area contributed by atoms with Gasteiger partial charge in [-0.15, -0.1) is 0 Å². The van der Waals surface area contributed by atoms with E-state index >= 15 is 0 Å². The average Bonchev–Trinajstić information content (AvgIpc) is 2.49. The predicted octanol–water partition coefficient (Wildman–Crippen LogP) is 2.98. The fraction of sp³-hybridized carbons (Fsp3) is 0.294. The standard InChI is InChI=1S/C17H21NO2S/c19-21(20)12-4-11-18-14-17-9-7-16(8-10-17)13-15-5-2-1-3-6-15/h1-3,5-10,18H,4,11-14H2,(H,19,20). The lowest BCUT2D eigenvalue weighted by atomic mass is 10.0. The van der Waals surface area contributed by atoms with Crippen molar-refractivity contribution in [1.29, 1.82) is 0 Å². The van der Waals surface area contributed by atoms with Gasteiger partial charge in [0.15, 0.2) is 11.1 Å². The minimum Gasteiger partial charge on any atom is -0.313 e. The van der Waals surface area contributed by atoms with Crippen molar-refractivity contribution in [1.82, 2.24) is 5.32 Å². The van der Waals surface area contributed by atoms with E-state index in [1.54, 1.807) is 0 Å². The topological polar surface area (TPSA) is 49.3 Å². The van der Waals surface area contributed by atoms with Gasteiger partial charge >= 0.3 is 0 Å². The van der Waals surface area contributed by atoms with Crippen LogP contribution in [-0.2, 0) is 24.0 Å². The molecular weight excluding hydrogens is 282 g/mol. The van der Waals surface area contributed by atoms with E-state index in [9.17, 15) is 4.21 Å². The summed E-state index contributed by atoms with van der Waals surface area (Å²) in [5.41, 5.74) is 3.86. The first kappa shape index (κ1) is 15.9. The van der Waals surface area contributed by atoms with Crippen LogP contribution >= 0.6 is 0 Å². The summed E-state index contributed by atoms with van der Waals surface area (Å²) < 4.78 is 19.2. The molecule has 2 N–H and O–H groups in total. The smallest absolute Gasteiger partial charge is 0.152 e. The van der Waals surface area contributed by atoms with Crippen molar-refractivity contribution in [2.75, 3.05) is 12.3 Å². The van der Waals surface area contributed by atoms with E-state index in [4.69, 9.17) is 4.55 Å². The zero-order valence-electron chi connectivity index (χ0n) is 12.0. The third kappa shape index (κ3) is 6.21. The van der Waals surface area contributed by atoms with Crippen molar-refractivity contribution < 1.29 is 8.76 Å². The van der Waals surface area contributed by atoms with Gasteiger partial charge in [-0.2, -0.15) is 0 Å². The summed E-state index contributed by atoms with van der Waals surface area (Å²) in [7, 11) is 0. The van der Waals surface area contributed by atoms with Crippen molar-refractivity contribution in [3.05, 3.63) is 71.3 Å². The summed E-state index contributed by atoms with van der Waals surface area (Å²) in [6.45, 7) is 1.56. The normalized spacial score (nSPS) is 12.2. The van der Waals surface area contributed by atoms with Gasteiger partial charge in [0.25, 0.3) is 0 Å². The van der Waals surface area contributed by atoms with Gasteiger partial charge in [-0.05, 0) is 36.1 Å². The fourth-order valence-corrected chi connectivity index (χ4v) is 2.55. The molecule has 1 atom stereocenters. The molecular formula is C17H21NO2S. The molecule has 0 fully saturated rings.